The lowest BCUT2D eigenvalue weighted by atomic mass is 10.1. The van der Waals surface area contributed by atoms with Crippen molar-refractivity contribution in [1.29, 1.82) is 0 Å². The standard InChI is InChI=1S/C14H26N4/c1-6-15-14-16-8-7-13(17-14)10-18(12(4)5)9-11(2)3/h7-8,11-12H,6,9-10H2,1-5H3,(H,15,16,17). The van der Waals surface area contributed by atoms with Gasteiger partial charge in [0.1, 0.15) is 0 Å². The maximum Gasteiger partial charge on any atom is 0.222 e. The Morgan fingerprint density at radius 3 is 2.56 bits per heavy atom. The van der Waals surface area contributed by atoms with Gasteiger partial charge in [0, 0.05) is 31.9 Å². The van der Waals surface area contributed by atoms with Crippen LogP contribution in [0, 0.1) is 5.92 Å². The molecule has 0 saturated carbocycles. The van der Waals surface area contributed by atoms with Crippen LogP contribution < -0.4 is 5.32 Å². The maximum absolute atomic E-state index is 4.53. The molecular formula is C14H26N4. The van der Waals surface area contributed by atoms with Crippen molar-refractivity contribution in [2.45, 2.75) is 47.2 Å². The molecule has 4 nitrogen and oxygen atoms in total. The van der Waals surface area contributed by atoms with Gasteiger partial charge in [-0.15, -0.1) is 0 Å². The zero-order valence-electron chi connectivity index (χ0n) is 12.3. The average Bonchev–Trinajstić information content (AvgIpc) is 2.28. The molecule has 1 rings (SSSR count). The predicted molar refractivity (Wildman–Crippen MR) is 76.6 cm³/mol. The molecule has 0 aliphatic rings. The van der Waals surface area contributed by atoms with Gasteiger partial charge in [-0.25, -0.2) is 9.97 Å². The second-order valence-electron chi connectivity index (χ2n) is 5.32. The zero-order valence-corrected chi connectivity index (χ0v) is 12.3. The third-order valence-electron chi connectivity index (χ3n) is 2.74. The Labute approximate surface area is 111 Å². The van der Waals surface area contributed by atoms with Gasteiger partial charge in [0.2, 0.25) is 5.95 Å². The summed E-state index contributed by atoms with van der Waals surface area (Å²) in [5, 5.41) is 3.15. The fourth-order valence-corrected chi connectivity index (χ4v) is 1.86. The van der Waals surface area contributed by atoms with E-state index in [0.717, 1.165) is 31.3 Å². The lowest BCUT2D eigenvalue weighted by Gasteiger charge is -2.27. The van der Waals surface area contributed by atoms with Crippen molar-refractivity contribution in [3.05, 3.63) is 18.0 Å². The molecule has 0 spiro atoms. The van der Waals surface area contributed by atoms with E-state index < -0.39 is 0 Å². The van der Waals surface area contributed by atoms with Gasteiger partial charge in [0.25, 0.3) is 0 Å². The summed E-state index contributed by atoms with van der Waals surface area (Å²) in [6.07, 6.45) is 1.83. The third-order valence-corrected chi connectivity index (χ3v) is 2.74. The molecule has 18 heavy (non-hydrogen) atoms. The molecule has 0 aliphatic carbocycles. The highest BCUT2D eigenvalue weighted by atomic mass is 15.2. The first-order valence-electron chi connectivity index (χ1n) is 6.82. The maximum atomic E-state index is 4.53. The van der Waals surface area contributed by atoms with E-state index in [1.165, 1.54) is 0 Å². The summed E-state index contributed by atoms with van der Waals surface area (Å²) in [6.45, 7) is 13.8. The molecule has 0 radical (unpaired) electrons. The van der Waals surface area contributed by atoms with Crippen molar-refractivity contribution in [2.24, 2.45) is 5.92 Å². The van der Waals surface area contributed by atoms with E-state index in [1.807, 2.05) is 12.3 Å². The first-order valence-corrected chi connectivity index (χ1v) is 6.82. The van der Waals surface area contributed by atoms with Gasteiger partial charge in [0.15, 0.2) is 0 Å². The van der Waals surface area contributed by atoms with Crippen LogP contribution in [0.3, 0.4) is 0 Å². The fraction of sp³-hybridized carbons (Fsp3) is 0.714. The molecular weight excluding hydrogens is 224 g/mol. The second-order valence-corrected chi connectivity index (χ2v) is 5.32. The number of anilines is 1. The monoisotopic (exact) mass is 250 g/mol. The molecule has 1 heterocycles. The molecule has 0 aliphatic heterocycles. The minimum atomic E-state index is 0.532. The average molecular weight is 250 g/mol. The number of hydrogen-bond donors (Lipinski definition) is 1. The van der Waals surface area contributed by atoms with Crippen LogP contribution in [0.5, 0.6) is 0 Å². The van der Waals surface area contributed by atoms with Crippen molar-refractivity contribution in [2.75, 3.05) is 18.4 Å². The van der Waals surface area contributed by atoms with E-state index >= 15 is 0 Å². The topological polar surface area (TPSA) is 41.1 Å². The van der Waals surface area contributed by atoms with E-state index in [-0.39, 0.29) is 0 Å². The van der Waals surface area contributed by atoms with Crippen LogP contribution in [0.25, 0.3) is 0 Å². The summed E-state index contributed by atoms with van der Waals surface area (Å²) in [4.78, 5) is 11.2. The summed E-state index contributed by atoms with van der Waals surface area (Å²) >= 11 is 0. The lowest BCUT2D eigenvalue weighted by molar-refractivity contribution is 0.187. The first kappa shape index (κ1) is 14.9. The summed E-state index contributed by atoms with van der Waals surface area (Å²) in [6, 6.07) is 2.53. The number of aromatic nitrogens is 2. The molecule has 1 N–H and O–H groups in total. The van der Waals surface area contributed by atoms with Gasteiger partial charge in [-0.05, 0) is 32.8 Å². The van der Waals surface area contributed by atoms with Crippen LogP contribution in [-0.4, -0.2) is 34.0 Å². The minimum Gasteiger partial charge on any atom is -0.354 e. The Bertz CT molecular complexity index is 349. The molecule has 1 aromatic heterocycles. The second kappa shape index (κ2) is 7.31. The van der Waals surface area contributed by atoms with Crippen molar-refractivity contribution in [1.82, 2.24) is 14.9 Å². The van der Waals surface area contributed by atoms with Crippen molar-refractivity contribution in [3.63, 3.8) is 0 Å². The summed E-state index contributed by atoms with van der Waals surface area (Å²) in [5.74, 6) is 1.39. The highest BCUT2D eigenvalue weighted by molar-refractivity contribution is 5.24. The normalized spacial score (nSPS) is 11.6. The Morgan fingerprint density at radius 2 is 2.00 bits per heavy atom. The predicted octanol–water partition coefficient (Wildman–Crippen LogP) is 2.77. The van der Waals surface area contributed by atoms with Crippen LogP contribution in [0.15, 0.2) is 12.3 Å². The minimum absolute atomic E-state index is 0.532. The molecule has 4 heteroatoms. The summed E-state index contributed by atoms with van der Waals surface area (Å²) in [7, 11) is 0. The van der Waals surface area contributed by atoms with Crippen LogP contribution in [0.4, 0.5) is 5.95 Å². The SMILES string of the molecule is CCNc1nccc(CN(CC(C)C)C(C)C)n1. The van der Waals surface area contributed by atoms with Crippen LogP contribution in [0.2, 0.25) is 0 Å². The van der Waals surface area contributed by atoms with E-state index in [2.05, 4.69) is 54.8 Å². The first-order chi connectivity index (χ1) is 8.52. The van der Waals surface area contributed by atoms with Crippen molar-refractivity contribution in [3.8, 4) is 0 Å². The molecule has 0 bridgehead atoms. The Balaban J connectivity index is 2.70. The molecule has 102 valence electrons. The van der Waals surface area contributed by atoms with Gasteiger partial charge in [-0.3, -0.25) is 4.90 Å². The molecule has 0 saturated heterocycles. The zero-order chi connectivity index (χ0) is 13.5. The van der Waals surface area contributed by atoms with E-state index in [9.17, 15) is 0 Å². The smallest absolute Gasteiger partial charge is 0.222 e. The Kier molecular flexibility index (Phi) is 6.05. The lowest BCUT2D eigenvalue weighted by Crippen LogP contribution is -2.34. The number of nitrogens with zero attached hydrogens (tertiary/aromatic N) is 3. The van der Waals surface area contributed by atoms with Crippen molar-refractivity contribution < 1.29 is 0 Å². The molecule has 0 atom stereocenters. The van der Waals surface area contributed by atoms with Gasteiger partial charge in [-0.2, -0.15) is 0 Å². The highest BCUT2D eigenvalue weighted by Gasteiger charge is 2.12. The van der Waals surface area contributed by atoms with E-state index in [1.54, 1.807) is 0 Å². The van der Waals surface area contributed by atoms with Gasteiger partial charge in [-0.1, -0.05) is 13.8 Å². The van der Waals surface area contributed by atoms with Crippen LogP contribution in [-0.2, 0) is 6.54 Å². The van der Waals surface area contributed by atoms with E-state index in [0.29, 0.717) is 12.0 Å². The van der Waals surface area contributed by atoms with Crippen LogP contribution >= 0.6 is 0 Å². The molecule has 0 amide bonds. The quantitative estimate of drug-likeness (QED) is 0.808. The molecule has 1 aromatic rings. The van der Waals surface area contributed by atoms with E-state index in [4.69, 9.17) is 0 Å². The van der Waals surface area contributed by atoms with Crippen LogP contribution in [0.1, 0.15) is 40.3 Å². The molecule has 0 unspecified atom stereocenters. The molecule has 0 aromatic carbocycles. The number of nitrogens with one attached hydrogen (secondary N) is 1. The number of rotatable bonds is 7. The van der Waals surface area contributed by atoms with Gasteiger partial charge >= 0.3 is 0 Å². The highest BCUT2D eigenvalue weighted by Crippen LogP contribution is 2.10. The van der Waals surface area contributed by atoms with Crippen molar-refractivity contribution >= 4 is 5.95 Å². The van der Waals surface area contributed by atoms with Gasteiger partial charge in [0.05, 0.1) is 5.69 Å². The summed E-state index contributed by atoms with van der Waals surface area (Å²) in [5.41, 5.74) is 1.08. The fourth-order valence-electron chi connectivity index (χ4n) is 1.86. The largest absolute Gasteiger partial charge is 0.354 e. The third kappa shape index (κ3) is 5.00. The Morgan fingerprint density at radius 1 is 1.28 bits per heavy atom. The van der Waals surface area contributed by atoms with Gasteiger partial charge < -0.3 is 5.32 Å². The molecule has 0 fully saturated rings. The summed E-state index contributed by atoms with van der Waals surface area (Å²) < 4.78 is 0. The number of hydrogen-bond acceptors (Lipinski definition) is 4. The Hall–Kier alpha value is -1.16.